The standard InChI is InChI=1S/C15H11NO2/c17-10-5-6-12-14(7-10)18-9-15(12)8-16-13-4-2-1-3-11(13)15/h1-8,17H,9H2. The minimum atomic E-state index is -0.278. The van der Waals surface area contributed by atoms with E-state index in [1.54, 1.807) is 12.1 Å². The Bertz CT molecular complexity index is 678. The summed E-state index contributed by atoms with van der Waals surface area (Å²) in [6, 6.07) is 13.4. The van der Waals surface area contributed by atoms with Crippen molar-refractivity contribution in [3.63, 3.8) is 0 Å². The molecule has 1 N–H and O–H groups in total. The van der Waals surface area contributed by atoms with Crippen molar-refractivity contribution in [3.8, 4) is 11.5 Å². The number of phenolic OH excluding ortho intramolecular Hbond substituents is 1. The van der Waals surface area contributed by atoms with E-state index in [0.717, 1.165) is 17.0 Å². The van der Waals surface area contributed by atoms with Gasteiger partial charge in [-0.1, -0.05) is 24.3 Å². The van der Waals surface area contributed by atoms with E-state index in [0.29, 0.717) is 6.61 Å². The van der Waals surface area contributed by atoms with Gasteiger partial charge >= 0.3 is 0 Å². The van der Waals surface area contributed by atoms with Crippen molar-refractivity contribution in [2.45, 2.75) is 5.41 Å². The molecule has 18 heavy (non-hydrogen) atoms. The average Bonchev–Trinajstić information content (AvgIpc) is 2.94. The van der Waals surface area contributed by atoms with Gasteiger partial charge in [-0.25, -0.2) is 0 Å². The highest BCUT2D eigenvalue weighted by atomic mass is 16.5. The van der Waals surface area contributed by atoms with Crippen LogP contribution in [0.25, 0.3) is 0 Å². The van der Waals surface area contributed by atoms with Crippen molar-refractivity contribution in [2.75, 3.05) is 6.61 Å². The Morgan fingerprint density at radius 1 is 1.11 bits per heavy atom. The maximum atomic E-state index is 9.51. The maximum Gasteiger partial charge on any atom is 0.127 e. The molecule has 1 spiro atoms. The number of hydrogen-bond acceptors (Lipinski definition) is 3. The minimum Gasteiger partial charge on any atom is -0.508 e. The third-order valence-electron chi connectivity index (χ3n) is 3.71. The van der Waals surface area contributed by atoms with Gasteiger partial charge in [0.1, 0.15) is 18.1 Å². The summed E-state index contributed by atoms with van der Waals surface area (Å²) in [4.78, 5) is 4.49. The van der Waals surface area contributed by atoms with Crippen molar-refractivity contribution in [1.29, 1.82) is 0 Å². The first-order valence-electron chi connectivity index (χ1n) is 5.91. The third kappa shape index (κ3) is 1.06. The topological polar surface area (TPSA) is 41.8 Å². The van der Waals surface area contributed by atoms with Gasteiger partial charge in [-0.3, -0.25) is 4.99 Å². The van der Waals surface area contributed by atoms with Crippen LogP contribution in [-0.4, -0.2) is 17.9 Å². The molecule has 2 aromatic carbocycles. The summed E-state index contributed by atoms with van der Waals surface area (Å²) in [5, 5.41) is 9.51. The van der Waals surface area contributed by atoms with E-state index in [1.807, 2.05) is 30.5 Å². The van der Waals surface area contributed by atoms with Gasteiger partial charge in [0.05, 0.1) is 11.1 Å². The molecular formula is C15H11NO2. The largest absolute Gasteiger partial charge is 0.508 e. The van der Waals surface area contributed by atoms with Crippen molar-refractivity contribution < 1.29 is 9.84 Å². The summed E-state index contributed by atoms with van der Waals surface area (Å²) in [5.74, 6) is 0.979. The first kappa shape index (κ1) is 9.71. The Kier molecular flexibility index (Phi) is 1.69. The van der Waals surface area contributed by atoms with Gasteiger partial charge in [0, 0.05) is 17.8 Å². The molecule has 0 fully saturated rings. The van der Waals surface area contributed by atoms with Gasteiger partial charge in [0.15, 0.2) is 0 Å². The third-order valence-corrected chi connectivity index (χ3v) is 3.71. The van der Waals surface area contributed by atoms with E-state index in [9.17, 15) is 5.11 Å². The number of fused-ring (bicyclic) bond motifs is 4. The lowest BCUT2D eigenvalue weighted by molar-refractivity contribution is 0.326. The van der Waals surface area contributed by atoms with Crippen molar-refractivity contribution >= 4 is 11.9 Å². The predicted molar refractivity (Wildman–Crippen MR) is 69.0 cm³/mol. The van der Waals surface area contributed by atoms with E-state index in [2.05, 4.69) is 11.1 Å². The Balaban J connectivity index is 1.98. The number of nitrogens with zero attached hydrogens (tertiary/aromatic N) is 1. The fourth-order valence-electron chi connectivity index (χ4n) is 2.81. The van der Waals surface area contributed by atoms with E-state index < -0.39 is 0 Å². The Morgan fingerprint density at radius 2 is 2.00 bits per heavy atom. The summed E-state index contributed by atoms with van der Waals surface area (Å²) in [6.07, 6.45) is 1.96. The lowest BCUT2D eigenvalue weighted by Gasteiger charge is -2.20. The molecular weight excluding hydrogens is 226 g/mol. The molecule has 3 nitrogen and oxygen atoms in total. The molecule has 3 heteroatoms. The lowest BCUT2D eigenvalue weighted by atomic mass is 9.78. The van der Waals surface area contributed by atoms with Gasteiger partial charge < -0.3 is 9.84 Å². The molecule has 2 aliphatic rings. The van der Waals surface area contributed by atoms with Crippen LogP contribution in [0, 0.1) is 0 Å². The quantitative estimate of drug-likeness (QED) is 0.765. The molecule has 0 saturated heterocycles. The highest BCUT2D eigenvalue weighted by molar-refractivity contribution is 5.91. The van der Waals surface area contributed by atoms with E-state index >= 15 is 0 Å². The lowest BCUT2D eigenvalue weighted by Crippen LogP contribution is -2.28. The fourth-order valence-corrected chi connectivity index (χ4v) is 2.81. The SMILES string of the molecule is Oc1ccc2c(c1)OCC21C=Nc2ccccc21. The number of rotatable bonds is 0. The second-order valence-corrected chi connectivity index (χ2v) is 4.72. The average molecular weight is 237 g/mol. The molecule has 0 radical (unpaired) electrons. The molecule has 0 aliphatic carbocycles. The van der Waals surface area contributed by atoms with Crippen LogP contribution in [0.4, 0.5) is 5.69 Å². The van der Waals surface area contributed by atoms with Crippen LogP contribution in [0.2, 0.25) is 0 Å². The van der Waals surface area contributed by atoms with Crippen molar-refractivity contribution in [1.82, 2.24) is 0 Å². The molecule has 0 aromatic heterocycles. The van der Waals surface area contributed by atoms with Gasteiger partial charge in [-0.2, -0.15) is 0 Å². The van der Waals surface area contributed by atoms with Crippen LogP contribution < -0.4 is 4.74 Å². The van der Waals surface area contributed by atoms with Crippen molar-refractivity contribution in [2.24, 2.45) is 4.99 Å². The number of ether oxygens (including phenoxy) is 1. The maximum absolute atomic E-state index is 9.51. The van der Waals surface area contributed by atoms with Crippen LogP contribution in [0.5, 0.6) is 11.5 Å². The van der Waals surface area contributed by atoms with Gasteiger partial charge in [0.25, 0.3) is 0 Å². The molecule has 1 unspecified atom stereocenters. The van der Waals surface area contributed by atoms with Gasteiger partial charge in [-0.05, 0) is 17.7 Å². The van der Waals surface area contributed by atoms with E-state index in [4.69, 9.17) is 4.74 Å². The number of para-hydroxylation sites is 1. The minimum absolute atomic E-state index is 0.231. The Hall–Kier alpha value is -2.29. The Labute approximate surface area is 104 Å². The first-order valence-corrected chi connectivity index (χ1v) is 5.91. The number of phenols is 1. The van der Waals surface area contributed by atoms with Crippen LogP contribution in [0.3, 0.4) is 0 Å². The smallest absolute Gasteiger partial charge is 0.127 e. The van der Waals surface area contributed by atoms with E-state index in [-0.39, 0.29) is 11.2 Å². The highest BCUT2D eigenvalue weighted by Gasteiger charge is 2.45. The fraction of sp³-hybridized carbons (Fsp3) is 0.133. The Morgan fingerprint density at radius 3 is 2.94 bits per heavy atom. The summed E-state index contributed by atoms with van der Waals surface area (Å²) in [5.41, 5.74) is 2.98. The number of aliphatic imine (C=N–C) groups is 1. The van der Waals surface area contributed by atoms with Crippen LogP contribution in [0.15, 0.2) is 47.5 Å². The summed E-state index contributed by atoms with van der Waals surface area (Å²) < 4.78 is 5.72. The van der Waals surface area contributed by atoms with Crippen molar-refractivity contribution in [3.05, 3.63) is 53.6 Å². The van der Waals surface area contributed by atoms with Gasteiger partial charge in [-0.15, -0.1) is 0 Å². The summed E-state index contributed by atoms with van der Waals surface area (Å²) in [6.45, 7) is 0.548. The van der Waals surface area contributed by atoms with E-state index in [1.165, 1.54) is 5.56 Å². The van der Waals surface area contributed by atoms with Crippen LogP contribution >= 0.6 is 0 Å². The zero-order valence-corrected chi connectivity index (χ0v) is 9.63. The predicted octanol–water partition coefficient (Wildman–Crippen LogP) is 2.79. The molecule has 2 heterocycles. The van der Waals surface area contributed by atoms with Crippen LogP contribution in [-0.2, 0) is 5.41 Å². The first-order chi connectivity index (χ1) is 8.79. The molecule has 1 atom stereocenters. The monoisotopic (exact) mass is 237 g/mol. The number of hydrogen-bond donors (Lipinski definition) is 1. The second kappa shape index (κ2) is 3.13. The molecule has 2 aliphatic heterocycles. The zero-order valence-electron chi connectivity index (χ0n) is 9.63. The molecule has 88 valence electrons. The summed E-state index contributed by atoms with van der Waals surface area (Å²) >= 11 is 0. The zero-order chi connectivity index (χ0) is 12.2. The second-order valence-electron chi connectivity index (χ2n) is 4.72. The normalized spacial score (nSPS) is 22.9. The molecule has 0 amide bonds. The number of benzene rings is 2. The molecule has 0 bridgehead atoms. The van der Waals surface area contributed by atoms with Gasteiger partial charge in [0.2, 0.25) is 0 Å². The van der Waals surface area contributed by atoms with Crippen LogP contribution in [0.1, 0.15) is 11.1 Å². The molecule has 2 aromatic rings. The summed E-state index contributed by atoms with van der Waals surface area (Å²) in [7, 11) is 0. The highest BCUT2D eigenvalue weighted by Crippen LogP contribution is 2.49. The molecule has 4 rings (SSSR count). The number of aromatic hydroxyl groups is 1. The molecule has 0 saturated carbocycles.